The minimum Gasteiger partial charge on any atom is -0.478 e. The van der Waals surface area contributed by atoms with Gasteiger partial charge in [0.2, 0.25) is 0 Å². The first-order valence-corrected chi connectivity index (χ1v) is 6.25. The zero-order valence-corrected chi connectivity index (χ0v) is 11.1. The number of ether oxygens (including phenoxy) is 1. The predicted molar refractivity (Wildman–Crippen MR) is 76.8 cm³/mol. The Morgan fingerprint density at radius 1 is 1.42 bits per heavy atom. The van der Waals surface area contributed by atoms with E-state index in [1.54, 1.807) is 18.2 Å². The molecule has 6 nitrogen and oxygen atoms in total. The van der Waals surface area contributed by atoms with Crippen molar-refractivity contribution in [2.24, 2.45) is 5.73 Å². The third-order valence-corrected chi connectivity index (χ3v) is 2.97. The van der Waals surface area contributed by atoms with Gasteiger partial charge in [0.25, 0.3) is 0 Å². The van der Waals surface area contributed by atoms with Crippen molar-refractivity contribution in [3.63, 3.8) is 0 Å². The number of nitrogens with zero attached hydrogens (tertiary/aromatic N) is 1. The zero-order valence-electron chi connectivity index (χ0n) is 10.3. The van der Waals surface area contributed by atoms with Crippen LogP contribution in [0, 0.1) is 0 Å². The molecule has 0 spiro atoms. The van der Waals surface area contributed by atoms with E-state index in [0.717, 1.165) is 18.8 Å². The smallest absolute Gasteiger partial charge is 0.337 e. The van der Waals surface area contributed by atoms with E-state index in [9.17, 15) is 4.79 Å². The Morgan fingerprint density at radius 2 is 2.11 bits per heavy atom. The molecule has 4 N–H and O–H groups in total. The standard InChI is InChI=1S/C12H15N3O3S/c13-12(19)14-10-7-8(1-2-9(10)11(16)17)15-3-5-18-6-4-15/h1-2,7H,3-6H2,(H,16,17)(H3,13,14,19). The van der Waals surface area contributed by atoms with Crippen molar-refractivity contribution in [1.82, 2.24) is 0 Å². The maximum Gasteiger partial charge on any atom is 0.337 e. The quantitative estimate of drug-likeness (QED) is 0.709. The van der Waals surface area contributed by atoms with Crippen molar-refractivity contribution in [3.8, 4) is 0 Å². The van der Waals surface area contributed by atoms with Gasteiger partial charge in [-0.25, -0.2) is 4.79 Å². The fraction of sp³-hybridized carbons (Fsp3) is 0.333. The number of nitrogens with two attached hydrogens (primary N) is 1. The van der Waals surface area contributed by atoms with E-state index >= 15 is 0 Å². The molecule has 0 radical (unpaired) electrons. The molecule has 0 bridgehead atoms. The number of rotatable bonds is 3. The Hall–Kier alpha value is -1.86. The molecular formula is C12H15N3O3S. The maximum atomic E-state index is 11.1. The van der Waals surface area contributed by atoms with Crippen LogP contribution in [0.3, 0.4) is 0 Å². The van der Waals surface area contributed by atoms with Crippen molar-refractivity contribution in [1.29, 1.82) is 0 Å². The molecule has 102 valence electrons. The maximum absolute atomic E-state index is 11.1. The molecule has 0 unspecified atom stereocenters. The van der Waals surface area contributed by atoms with Crippen molar-refractivity contribution in [2.75, 3.05) is 36.5 Å². The molecule has 0 amide bonds. The predicted octanol–water partition coefficient (Wildman–Crippen LogP) is 0.877. The summed E-state index contributed by atoms with van der Waals surface area (Å²) in [7, 11) is 0. The van der Waals surface area contributed by atoms with Gasteiger partial charge in [-0.1, -0.05) is 0 Å². The molecule has 0 aliphatic carbocycles. The monoisotopic (exact) mass is 281 g/mol. The second kappa shape index (κ2) is 5.85. The van der Waals surface area contributed by atoms with Crippen LogP contribution in [-0.2, 0) is 4.74 Å². The third kappa shape index (κ3) is 3.33. The number of morpholine rings is 1. The summed E-state index contributed by atoms with van der Waals surface area (Å²) in [6, 6.07) is 5.07. The summed E-state index contributed by atoms with van der Waals surface area (Å²) in [6.45, 7) is 2.88. The largest absolute Gasteiger partial charge is 0.478 e. The summed E-state index contributed by atoms with van der Waals surface area (Å²) in [5.41, 5.74) is 6.89. The molecular weight excluding hydrogens is 266 g/mol. The van der Waals surface area contributed by atoms with Gasteiger partial charge in [-0.2, -0.15) is 0 Å². The number of thiocarbonyl (C=S) groups is 1. The first-order chi connectivity index (χ1) is 9.08. The highest BCUT2D eigenvalue weighted by Crippen LogP contribution is 2.24. The Labute approximate surface area is 116 Å². The number of anilines is 2. The zero-order chi connectivity index (χ0) is 13.8. The topological polar surface area (TPSA) is 87.8 Å². The van der Waals surface area contributed by atoms with Gasteiger partial charge in [0.15, 0.2) is 5.11 Å². The molecule has 1 aromatic carbocycles. The highest BCUT2D eigenvalue weighted by molar-refractivity contribution is 7.80. The van der Waals surface area contributed by atoms with Crippen LogP contribution in [0.15, 0.2) is 18.2 Å². The van der Waals surface area contributed by atoms with Crippen LogP contribution in [0.25, 0.3) is 0 Å². The van der Waals surface area contributed by atoms with Crippen LogP contribution in [-0.4, -0.2) is 42.5 Å². The Bertz CT molecular complexity index is 501. The third-order valence-electron chi connectivity index (χ3n) is 2.87. The van der Waals surface area contributed by atoms with Gasteiger partial charge in [0.05, 0.1) is 24.5 Å². The van der Waals surface area contributed by atoms with Crippen LogP contribution in [0.4, 0.5) is 11.4 Å². The van der Waals surface area contributed by atoms with Gasteiger partial charge in [-0.15, -0.1) is 0 Å². The average molecular weight is 281 g/mol. The molecule has 1 heterocycles. The van der Waals surface area contributed by atoms with Gasteiger partial charge < -0.3 is 25.8 Å². The van der Waals surface area contributed by atoms with Crippen LogP contribution < -0.4 is 16.0 Å². The average Bonchev–Trinajstić information content (AvgIpc) is 2.38. The van der Waals surface area contributed by atoms with E-state index in [-0.39, 0.29) is 10.7 Å². The molecule has 19 heavy (non-hydrogen) atoms. The van der Waals surface area contributed by atoms with E-state index < -0.39 is 5.97 Å². The molecule has 1 fully saturated rings. The Morgan fingerprint density at radius 3 is 2.68 bits per heavy atom. The number of carboxylic acids is 1. The molecule has 2 rings (SSSR count). The molecule has 0 atom stereocenters. The fourth-order valence-corrected chi connectivity index (χ4v) is 2.08. The van der Waals surface area contributed by atoms with E-state index in [1.165, 1.54) is 0 Å². The van der Waals surface area contributed by atoms with Crippen molar-refractivity contribution in [2.45, 2.75) is 0 Å². The Kier molecular flexibility index (Phi) is 4.18. The molecule has 1 aliphatic rings. The summed E-state index contributed by atoms with van der Waals surface area (Å²) in [5.74, 6) is -1.02. The second-order valence-electron chi connectivity index (χ2n) is 4.12. The van der Waals surface area contributed by atoms with Gasteiger partial charge in [-0.05, 0) is 30.4 Å². The number of carboxylic acid groups (broad SMARTS) is 1. The van der Waals surface area contributed by atoms with Gasteiger partial charge in [-0.3, -0.25) is 0 Å². The lowest BCUT2D eigenvalue weighted by atomic mass is 10.1. The van der Waals surface area contributed by atoms with Crippen molar-refractivity contribution >= 4 is 34.7 Å². The van der Waals surface area contributed by atoms with E-state index in [4.69, 9.17) is 27.8 Å². The lowest BCUT2D eigenvalue weighted by Gasteiger charge is -2.29. The highest BCUT2D eigenvalue weighted by atomic mass is 32.1. The lowest BCUT2D eigenvalue weighted by molar-refractivity contribution is 0.0698. The van der Waals surface area contributed by atoms with Crippen LogP contribution in [0.1, 0.15) is 10.4 Å². The number of hydrogen-bond donors (Lipinski definition) is 3. The number of nitrogens with one attached hydrogen (secondary N) is 1. The van der Waals surface area contributed by atoms with Gasteiger partial charge in [0, 0.05) is 18.8 Å². The minimum atomic E-state index is -1.02. The second-order valence-corrected chi connectivity index (χ2v) is 4.56. The summed E-state index contributed by atoms with van der Waals surface area (Å²) in [6.07, 6.45) is 0. The molecule has 0 aromatic heterocycles. The Balaban J connectivity index is 2.31. The number of aromatic carboxylic acids is 1. The number of carbonyl (C=O) groups is 1. The number of hydrogen-bond acceptors (Lipinski definition) is 4. The molecule has 1 aromatic rings. The molecule has 1 saturated heterocycles. The van der Waals surface area contributed by atoms with E-state index in [2.05, 4.69) is 10.2 Å². The van der Waals surface area contributed by atoms with Crippen LogP contribution in [0.5, 0.6) is 0 Å². The molecule has 0 saturated carbocycles. The van der Waals surface area contributed by atoms with Crippen LogP contribution >= 0.6 is 12.2 Å². The normalized spacial score (nSPS) is 15.1. The summed E-state index contributed by atoms with van der Waals surface area (Å²) in [5, 5.41) is 11.9. The minimum absolute atomic E-state index is 0.0432. The first kappa shape index (κ1) is 13.6. The van der Waals surface area contributed by atoms with E-state index in [1.807, 2.05) is 0 Å². The molecule has 7 heteroatoms. The van der Waals surface area contributed by atoms with Crippen LogP contribution in [0.2, 0.25) is 0 Å². The van der Waals surface area contributed by atoms with Crippen molar-refractivity contribution < 1.29 is 14.6 Å². The first-order valence-electron chi connectivity index (χ1n) is 5.84. The highest BCUT2D eigenvalue weighted by Gasteiger charge is 2.16. The molecule has 1 aliphatic heterocycles. The van der Waals surface area contributed by atoms with Gasteiger partial charge in [0.1, 0.15) is 0 Å². The fourth-order valence-electron chi connectivity index (χ4n) is 1.97. The van der Waals surface area contributed by atoms with Crippen molar-refractivity contribution in [3.05, 3.63) is 23.8 Å². The SMILES string of the molecule is NC(=S)Nc1cc(N2CCOCC2)ccc1C(=O)O. The number of benzene rings is 1. The van der Waals surface area contributed by atoms with Gasteiger partial charge >= 0.3 is 5.97 Å². The lowest BCUT2D eigenvalue weighted by Crippen LogP contribution is -2.36. The van der Waals surface area contributed by atoms with E-state index in [0.29, 0.717) is 18.9 Å². The summed E-state index contributed by atoms with van der Waals surface area (Å²) in [4.78, 5) is 13.3. The summed E-state index contributed by atoms with van der Waals surface area (Å²) >= 11 is 4.76. The summed E-state index contributed by atoms with van der Waals surface area (Å²) < 4.78 is 5.29.